The third-order valence-corrected chi connectivity index (χ3v) is 7.74. The van der Waals surface area contributed by atoms with E-state index in [0.717, 1.165) is 0 Å². The van der Waals surface area contributed by atoms with Gasteiger partial charge in [-0.3, -0.25) is 0 Å². The standard InChI is InChI=1S/C9H19IO6Si/c1-17(2,3)8(14)7(13)6(12)5(4-11)16-9(8,10)15/h5-7,11-15H,4H2,1-3H3/t5-,6-,7+,8+,9-/m1/s1. The zero-order valence-electron chi connectivity index (χ0n) is 9.96. The highest BCUT2D eigenvalue weighted by Crippen LogP contribution is 2.46. The van der Waals surface area contributed by atoms with Crippen molar-refractivity contribution in [2.24, 2.45) is 0 Å². The molecule has 0 unspecified atom stereocenters. The summed E-state index contributed by atoms with van der Waals surface area (Å²) < 4.78 is 3.07. The number of aliphatic hydroxyl groups excluding tert-OH is 3. The van der Waals surface area contributed by atoms with Crippen molar-refractivity contribution in [1.29, 1.82) is 0 Å². The van der Waals surface area contributed by atoms with Crippen LogP contribution in [0.2, 0.25) is 19.6 Å². The predicted molar refractivity (Wildman–Crippen MR) is 71.2 cm³/mol. The molecule has 102 valence electrons. The molecule has 1 saturated heterocycles. The summed E-state index contributed by atoms with van der Waals surface area (Å²) in [5, 5.41) is 47.7. The number of hydrogen-bond acceptors (Lipinski definition) is 6. The molecule has 0 aromatic carbocycles. The third kappa shape index (κ3) is 2.29. The largest absolute Gasteiger partial charge is 0.394 e. The lowest BCUT2D eigenvalue weighted by molar-refractivity contribution is -0.315. The molecule has 0 saturated carbocycles. The van der Waals surface area contributed by atoms with Crippen LogP contribution in [0.25, 0.3) is 0 Å². The fraction of sp³-hybridized carbons (Fsp3) is 1.00. The maximum Gasteiger partial charge on any atom is 0.248 e. The smallest absolute Gasteiger partial charge is 0.248 e. The number of halogens is 1. The van der Waals surface area contributed by atoms with Gasteiger partial charge in [-0.05, 0) is 22.6 Å². The number of aliphatic hydroxyl groups is 5. The van der Waals surface area contributed by atoms with Crippen molar-refractivity contribution in [2.45, 2.75) is 47.0 Å². The minimum absolute atomic E-state index is 0.550. The Balaban J connectivity index is 3.22. The number of hydrogen-bond donors (Lipinski definition) is 5. The summed E-state index contributed by atoms with van der Waals surface area (Å²) in [6.07, 6.45) is -4.13. The molecule has 0 amide bonds. The molecule has 5 atom stereocenters. The van der Waals surface area contributed by atoms with Gasteiger partial charge in [-0.15, -0.1) is 0 Å². The van der Waals surface area contributed by atoms with Crippen LogP contribution in [0.5, 0.6) is 0 Å². The summed E-state index contributed by atoms with van der Waals surface area (Å²) in [6, 6.07) is 0. The van der Waals surface area contributed by atoms with Gasteiger partial charge in [0.25, 0.3) is 0 Å². The minimum Gasteiger partial charge on any atom is -0.394 e. The van der Waals surface area contributed by atoms with Gasteiger partial charge >= 0.3 is 0 Å². The first-order valence-corrected chi connectivity index (χ1v) is 9.85. The van der Waals surface area contributed by atoms with E-state index < -0.39 is 42.0 Å². The van der Waals surface area contributed by atoms with Crippen LogP contribution in [0.4, 0.5) is 0 Å². The zero-order valence-corrected chi connectivity index (χ0v) is 13.1. The van der Waals surface area contributed by atoms with Crippen molar-refractivity contribution in [2.75, 3.05) is 6.61 Å². The lowest BCUT2D eigenvalue weighted by Gasteiger charge is -2.55. The van der Waals surface area contributed by atoms with Gasteiger partial charge in [0, 0.05) is 0 Å². The monoisotopic (exact) mass is 378 g/mol. The molecule has 0 aliphatic carbocycles. The van der Waals surface area contributed by atoms with E-state index in [-0.39, 0.29) is 0 Å². The molecule has 1 fully saturated rings. The second-order valence-electron chi connectivity index (χ2n) is 5.35. The van der Waals surface area contributed by atoms with Crippen molar-refractivity contribution < 1.29 is 30.3 Å². The van der Waals surface area contributed by atoms with E-state index in [1.807, 2.05) is 0 Å². The second-order valence-corrected chi connectivity index (χ2v) is 12.1. The molecule has 17 heavy (non-hydrogen) atoms. The van der Waals surface area contributed by atoms with Gasteiger partial charge in [0.15, 0.2) is 0 Å². The van der Waals surface area contributed by atoms with E-state index in [9.17, 15) is 20.4 Å². The van der Waals surface area contributed by atoms with Crippen molar-refractivity contribution in [3.63, 3.8) is 0 Å². The predicted octanol–water partition coefficient (Wildman–Crippen LogP) is -1.21. The highest BCUT2D eigenvalue weighted by Gasteiger charge is 2.67. The summed E-state index contributed by atoms with van der Waals surface area (Å²) in [7, 11) is -2.48. The molecular formula is C9H19IO6Si. The molecule has 5 N–H and O–H groups in total. The van der Waals surface area contributed by atoms with Gasteiger partial charge < -0.3 is 30.3 Å². The first-order valence-electron chi connectivity index (χ1n) is 5.27. The molecule has 0 bridgehead atoms. The van der Waals surface area contributed by atoms with E-state index in [1.54, 1.807) is 19.6 Å². The molecule has 1 heterocycles. The molecule has 1 aliphatic rings. The summed E-state index contributed by atoms with van der Waals surface area (Å²) in [4.78, 5) is 0. The van der Waals surface area contributed by atoms with Crippen LogP contribution in [0.3, 0.4) is 0 Å². The van der Waals surface area contributed by atoms with Crippen LogP contribution >= 0.6 is 22.6 Å². The fourth-order valence-electron chi connectivity index (χ4n) is 2.04. The first-order chi connectivity index (χ1) is 7.49. The molecule has 0 aromatic heterocycles. The fourth-order valence-corrected chi connectivity index (χ4v) is 7.16. The van der Waals surface area contributed by atoms with Gasteiger partial charge in [-0.1, -0.05) is 19.6 Å². The van der Waals surface area contributed by atoms with Gasteiger partial charge in [0.2, 0.25) is 3.79 Å². The number of ether oxygens (including phenoxy) is 1. The van der Waals surface area contributed by atoms with Crippen LogP contribution in [-0.4, -0.2) is 67.5 Å². The van der Waals surface area contributed by atoms with Gasteiger partial charge in [0.05, 0.1) is 14.7 Å². The van der Waals surface area contributed by atoms with Crippen molar-refractivity contribution in [3.05, 3.63) is 0 Å². The number of alkyl halides is 1. The highest BCUT2D eigenvalue weighted by atomic mass is 127. The Morgan fingerprint density at radius 1 is 1.24 bits per heavy atom. The van der Waals surface area contributed by atoms with Crippen LogP contribution in [0.1, 0.15) is 0 Å². The maximum atomic E-state index is 10.6. The Kier molecular flexibility index (Phi) is 4.33. The molecule has 0 aromatic rings. The van der Waals surface area contributed by atoms with Crippen molar-refractivity contribution in [3.8, 4) is 0 Å². The Morgan fingerprint density at radius 2 is 1.71 bits per heavy atom. The van der Waals surface area contributed by atoms with Gasteiger partial charge in [0.1, 0.15) is 23.5 Å². The summed E-state index contributed by atoms with van der Waals surface area (Å²) in [5.41, 5.74) is 0. The zero-order chi connectivity index (χ0) is 13.6. The van der Waals surface area contributed by atoms with Gasteiger partial charge in [-0.2, -0.15) is 0 Å². The number of rotatable bonds is 2. The third-order valence-electron chi connectivity index (χ3n) is 3.23. The summed E-state index contributed by atoms with van der Waals surface area (Å²) in [5.74, 6) is 0. The van der Waals surface area contributed by atoms with E-state index in [0.29, 0.717) is 0 Å². The Labute approximate surface area is 114 Å². The second kappa shape index (κ2) is 4.67. The molecule has 8 heteroatoms. The van der Waals surface area contributed by atoms with Crippen LogP contribution in [0, 0.1) is 0 Å². The molecular weight excluding hydrogens is 359 g/mol. The van der Waals surface area contributed by atoms with E-state index >= 15 is 0 Å². The van der Waals surface area contributed by atoms with E-state index in [1.165, 1.54) is 22.6 Å². The van der Waals surface area contributed by atoms with Crippen molar-refractivity contribution in [1.82, 2.24) is 0 Å². The normalized spacial score (nSPS) is 48.2. The maximum absolute atomic E-state index is 10.6. The summed E-state index contributed by atoms with van der Waals surface area (Å²) >= 11 is 1.49. The lowest BCUT2D eigenvalue weighted by Crippen LogP contribution is -2.78. The summed E-state index contributed by atoms with van der Waals surface area (Å²) in [6.45, 7) is 4.69. The Bertz CT molecular complexity index is 294. The average molecular weight is 378 g/mol. The van der Waals surface area contributed by atoms with Crippen LogP contribution < -0.4 is 0 Å². The molecule has 6 nitrogen and oxygen atoms in total. The average Bonchev–Trinajstić information content (AvgIpc) is 2.19. The molecule has 0 radical (unpaired) electrons. The molecule has 0 spiro atoms. The first kappa shape index (κ1) is 15.8. The van der Waals surface area contributed by atoms with Crippen molar-refractivity contribution >= 4 is 30.7 Å². The Hall–Kier alpha value is 0.707. The quantitative estimate of drug-likeness (QED) is 0.234. The highest BCUT2D eigenvalue weighted by molar-refractivity contribution is 14.1. The lowest BCUT2D eigenvalue weighted by atomic mass is 9.98. The van der Waals surface area contributed by atoms with E-state index in [4.69, 9.17) is 9.84 Å². The molecule has 1 rings (SSSR count). The Morgan fingerprint density at radius 3 is 2.06 bits per heavy atom. The van der Waals surface area contributed by atoms with Gasteiger partial charge in [-0.25, -0.2) is 0 Å². The molecule has 1 aliphatic heterocycles. The topological polar surface area (TPSA) is 110 Å². The van der Waals surface area contributed by atoms with Crippen LogP contribution in [0.15, 0.2) is 0 Å². The minimum atomic E-state index is -2.48. The van der Waals surface area contributed by atoms with Crippen LogP contribution in [-0.2, 0) is 4.74 Å². The SMILES string of the molecule is C[Si](C)(C)[C@@]1(O)[C@@H](O)[C@H](O)[C@@H](CO)O[C@@]1(O)I. The van der Waals surface area contributed by atoms with E-state index in [2.05, 4.69) is 0 Å².